The van der Waals surface area contributed by atoms with E-state index in [9.17, 15) is 9.59 Å². The predicted molar refractivity (Wildman–Crippen MR) is 129 cm³/mol. The molecule has 1 amide bonds. The van der Waals surface area contributed by atoms with Crippen LogP contribution in [0, 0.1) is 0 Å². The van der Waals surface area contributed by atoms with Gasteiger partial charge in [-0.25, -0.2) is 10.2 Å². The summed E-state index contributed by atoms with van der Waals surface area (Å²) in [5, 5.41) is 3.99. The van der Waals surface area contributed by atoms with E-state index in [1.54, 1.807) is 48.5 Å². The van der Waals surface area contributed by atoms with Gasteiger partial charge in [0.25, 0.3) is 5.91 Å². The van der Waals surface area contributed by atoms with Crippen LogP contribution in [0.25, 0.3) is 0 Å². The van der Waals surface area contributed by atoms with Crippen LogP contribution in [0.2, 0.25) is 0 Å². The standard InChI is InChI=1S/C27H22N2O6/c1-32-25-16-20(9-14-23(25)35-27(31)24-8-5-15-33-24)17-28-29-26(30)21-10-12-22(13-11-21)34-18-19-6-3-2-4-7-19/h2-17H,18H2,1H3,(H,29,30)/b28-17-. The number of amides is 1. The summed E-state index contributed by atoms with van der Waals surface area (Å²) in [7, 11) is 1.45. The fourth-order valence-corrected chi connectivity index (χ4v) is 3.07. The SMILES string of the molecule is COc1cc(/C=N\NC(=O)c2ccc(OCc3ccccc3)cc2)ccc1OC(=O)c1ccco1. The highest BCUT2D eigenvalue weighted by Gasteiger charge is 2.15. The number of rotatable bonds is 9. The molecule has 0 unspecified atom stereocenters. The quantitative estimate of drug-likeness (QED) is 0.162. The number of ether oxygens (including phenoxy) is 3. The Kier molecular flexibility index (Phi) is 7.55. The van der Waals surface area contributed by atoms with Crippen molar-refractivity contribution >= 4 is 18.1 Å². The molecule has 0 bridgehead atoms. The van der Waals surface area contributed by atoms with Gasteiger partial charge in [0.1, 0.15) is 12.4 Å². The summed E-state index contributed by atoms with van der Waals surface area (Å²) in [5.74, 6) is 0.284. The molecule has 176 valence electrons. The second-order valence-corrected chi connectivity index (χ2v) is 7.27. The van der Waals surface area contributed by atoms with Gasteiger partial charge >= 0.3 is 5.97 Å². The van der Waals surface area contributed by atoms with Gasteiger partial charge in [-0.2, -0.15) is 5.10 Å². The Balaban J connectivity index is 1.31. The molecule has 35 heavy (non-hydrogen) atoms. The van der Waals surface area contributed by atoms with E-state index >= 15 is 0 Å². The second-order valence-electron chi connectivity index (χ2n) is 7.27. The topological polar surface area (TPSA) is 99.4 Å². The molecule has 8 heteroatoms. The fraction of sp³-hybridized carbons (Fsp3) is 0.0741. The van der Waals surface area contributed by atoms with Crippen molar-refractivity contribution < 1.29 is 28.2 Å². The molecule has 1 N–H and O–H groups in total. The van der Waals surface area contributed by atoms with Crippen molar-refractivity contribution in [3.8, 4) is 17.2 Å². The minimum Gasteiger partial charge on any atom is -0.493 e. The number of hydrazone groups is 1. The Bertz CT molecular complexity index is 1300. The lowest BCUT2D eigenvalue weighted by Gasteiger charge is -2.09. The third kappa shape index (κ3) is 6.35. The summed E-state index contributed by atoms with van der Waals surface area (Å²) in [4.78, 5) is 24.5. The van der Waals surface area contributed by atoms with Crippen LogP contribution in [-0.2, 0) is 6.61 Å². The normalized spacial score (nSPS) is 10.7. The molecule has 0 saturated carbocycles. The maximum atomic E-state index is 12.4. The van der Waals surface area contributed by atoms with E-state index in [-0.39, 0.29) is 17.4 Å². The first-order valence-corrected chi connectivity index (χ1v) is 10.7. The van der Waals surface area contributed by atoms with Gasteiger partial charge in [0.05, 0.1) is 19.6 Å². The van der Waals surface area contributed by atoms with E-state index in [0.717, 1.165) is 5.56 Å². The molecule has 0 spiro atoms. The highest BCUT2D eigenvalue weighted by atomic mass is 16.6. The van der Waals surface area contributed by atoms with Crippen LogP contribution >= 0.6 is 0 Å². The third-order valence-corrected chi connectivity index (χ3v) is 4.86. The van der Waals surface area contributed by atoms with Crippen molar-refractivity contribution in [2.45, 2.75) is 6.61 Å². The van der Waals surface area contributed by atoms with Crippen LogP contribution in [0.1, 0.15) is 32.0 Å². The van der Waals surface area contributed by atoms with Crippen LogP contribution in [-0.4, -0.2) is 25.2 Å². The zero-order valence-corrected chi connectivity index (χ0v) is 18.8. The molecule has 0 radical (unpaired) electrons. The summed E-state index contributed by atoms with van der Waals surface area (Å²) in [6.07, 6.45) is 2.84. The molecule has 0 saturated heterocycles. The monoisotopic (exact) mass is 470 g/mol. The number of methoxy groups -OCH3 is 1. The minimum absolute atomic E-state index is 0.0798. The van der Waals surface area contributed by atoms with Gasteiger partial charge < -0.3 is 18.6 Å². The van der Waals surface area contributed by atoms with Crippen molar-refractivity contribution in [2.75, 3.05) is 7.11 Å². The maximum Gasteiger partial charge on any atom is 0.379 e. The zero-order chi connectivity index (χ0) is 24.5. The van der Waals surface area contributed by atoms with E-state index in [2.05, 4.69) is 10.5 Å². The number of carbonyl (C=O) groups is 2. The lowest BCUT2D eigenvalue weighted by Crippen LogP contribution is -2.17. The fourth-order valence-electron chi connectivity index (χ4n) is 3.07. The first kappa shape index (κ1) is 23.3. The van der Waals surface area contributed by atoms with E-state index in [1.807, 2.05) is 30.3 Å². The third-order valence-electron chi connectivity index (χ3n) is 4.86. The van der Waals surface area contributed by atoms with E-state index in [4.69, 9.17) is 18.6 Å². The Labute approximate surface area is 201 Å². The molecule has 3 aromatic carbocycles. The molecule has 0 fully saturated rings. The van der Waals surface area contributed by atoms with Gasteiger partial charge in [-0.15, -0.1) is 0 Å². The number of esters is 1. The van der Waals surface area contributed by atoms with Crippen molar-refractivity contribution in [1.82, 2.24) is 5.43 Å². The molecule has 1 aromatic heterocycles. The van der Waals surface area contributed by atoms with E-state index < -0.39 is 5.97 Å². The summed E-state index contributed by atoms with van der Waals surface area (Å²) in [5.41, 5.74) is 4.60. The van der Waals surface area contributed by atoms with Gasteiger partial charge in [0.15, 0.2) is 11.5 Å². The van der Waals surface area contributed by atoms with Crippen LogP contribution in [0.15, 0.2) is 101 Å². The lowest BCUT2D eigenvalue weighted by atomic mass is 10.2. The smallest absolute Gasteiger partial charge is 0.379 e. The molecule has 0 aliphatic rings. The largest absolute Gasteiger partial charge is 0.493 e. The van der Waals surface area contributed by atoms with Crippen LogP contribution < -0.4 is 19.6 Å². The Morgan fingerprint density at radius 1 is 0.943 bits per heavy atom. The number of carbonyl (C=O) groups excluding carboxylic acids is 2. The number of nitrogens with one attached hydrogen (secondary N) is 1. The Morgan fingerprint density at radius 2 is 1.74 bits per heavy atom. The van der Waals surface area contributed by atoms with Crippen molar-refractivity contribution in [2.24, 2.45) is 5.10 Å². The first-order valence-electron chi connectivity index (χ1n) is 10.7. The average Bonchev–Trinajstić information content (AvgIpc) is 3.44. The van der Waals surface area contributed by atoms with Gasteiger partial charge in [-0.3, -0.25) is 4.79 Å². The number of nitrogens with zero attached hydrogens (tertiary/aromatic N) is 1. The van der Waals surface area contributed by atoms with Crippen molar-refractivity contribution in [1.29, 1.82) is 0 Å². The van der Waals surface area contributed by atoms with Crippen LogP contribution in [0.5, 0.6) is 17.2 Å². The molecule has 0 aliphatic heterocycles. The molecule has 1 heterocycles. The Morgan fingerprint density at radius 3 is 2.46 bits per heavy atom. The first-order chi connectivity index (χ1) is 17.1. The number of furan rings is 1. The van der Waals surface area contributed by atoms with Gasteiger partial charge in [-0.05, 0) is 65.7 Å². The summed E-state index contributed by atoms with van der Waals surface area (Å²) in [6, 6.07) is 24.6. The number of hydrogen-bond acceptors (Lipinski definition) is 7. The maximum absolute atomic E-state index is 12.4. The Hall–Kier alpha value is -4.85. The molecule has 4 rings (SSSR count). The molecule has 8 nitrogen and oxygen atoms in total. The van der Waals surface area contributed by atoms with Crippen LogP contribution in [0.4, 0.5) is 0 Å². The number of benzene rings is 3. The van der Waals surface area contributed by atoms with Gasteiger partial charge in [0, 0.05) is 5.56 Å². The summed E-state index contributed by atoms with van der Waals surface area (Å²) < 4.78 is 21.4. The van der Waals surface area contributed by atoms with Crippen molar-refractivity contribution in [3.63, 3.8) is 0 Å². The van der Waals surface area contributed by atoms with E-state index in [1.165, 1.54) is 25.7 Å². The highest BCUT2D eigenvalue weighted by Crippen LogP contribution is 2.28. The van der Waals surface area contributed by atoms with Gasteiger partial charge in [0.2, 0.25) is 5.76 Å². The molecule has 0 atom stereocenters. The van der Waals surface area contributed by atoms with Gasteiger partial charge in [-0.1, -0.05) is 30.3 Å². The zero-order valence-electron chi connectivity index (χ0n) is 18.8. The van der Waals surface area contributed by atoms with Crippen molar-refractivity contribution in [3.05, 3.63) is 114 Å². The lowest BCUT2D eigenvalue weighted by molar-refractivity contribution is 0.0696. The molecular formula is C27H22N2O6. The predicted octanol–water partition coefficient (Wildman–Crippen LogP) is 4.85. The van der Waals surface area contributed by atoms with Crippen LogP contribution in [0.3, 0.4) is 0 Å². The summed E-state index contributed by atoms with van der Waals surface area (Å²) in [6.45, 7) is 0.445. The molecule has 0 aliphatic carbocycles. The minimum atomic E-state index is -0.640. The highest BCUT2D eigenvalue weighted by molar-refractivity contribution is 5.95. The summed E-state index contributed by atoms with van der Waals surface area (Å²) >= 11 is 0. The second kappa shape index (κ2) is 11.3. The molecule has 4 aromatic rings. The molecular weight excluding hydrogens is 448 g/mol. The average molecular weight is 470 g/mol. The number of hydrogen-bond donors (Lipinski definition) is 1. The van der Waals surface area contributed by atoms with E-state index in [0.29, 0.717) is 29.2 Å².